The van der Waals surface area contributed by atoms with E-state index in [0.29, 0.717) is 27.9 Å². The van der Waals surface area contributed by atoms with Crippen molar-refractivity contribution in [3.8, 4) is 0 Å². The lowest BCUT2D eigenvalue weighted by Gasteiger charge is -2.08. The fourth-order valence-electron chi connectivity index (χ4n) is 4.32. The Morgan fingerprint density at radius 2 is 1.75 bits per heavy atom. The SMILES string of the molecule is Cc1ccc(NC(=O)c2c(N)n(/N=C/c3c[nH]c4ccccc34)c3nc4ccccc4nc23)cc1C. The van der Waals surface area contributed by atoms with Crippen LogP contribution in [0.15, 0.2) is 78.0 Å². The van der Waals surface area contributed by atoms with Crippen LogP contribution in [0.25, 0.3) is 33.1 Å². The number of nitrogens with one attached hydrogen (secondary N) is 2. The quantitative estimate of drug-likeness (QED) is 0.297. The fourth-order valence-corrected chi connectivity index (χ4v) is 4.32. The number of carbonyl (C=O) groups is 1. The van der Waals surface area contributed by atoms with Crippen molar-refractivity contribution in [3.05, 3.63) is 95.2 Å². The summed E-state index contributed by atoms with van der Waals surface area (Å²) in [5, 5.41) is 8.62. The second kappa shape index (κ2) is 8.35. The Kier molecular flexibility index (Phi) is 5.00. The number of nitrogens with zero attached hydrogens (tertiary/aromatic N) is 4. The van der Waals surface area contributed by atoms with Gasteiger partial charge in [-0.3, -0.25) is 4.79 Å². The molecule has 0 saturated carbocycles. The molecule has 6 rings (SSSR count). The van der Waals surface area contributed by atoms with Gasteiger partial charge in [0.05, 0.1) is 17.2 Å². The molecule has 0 aliphatic heterocycles. The van der Waals surface area contributed by atoms with E-state index >= 15 is 0 Å². The molecule has 0 spiro atoms. The minimum absolute atomic E-state index is 0.165. The van der Waals surface area contributed by atoms with E-state index in [4.69, 9.17) is 15.7 Å². The first-order chi connectivity index (χ1) is 17.5. The largest absolute Gasteiger partial charge is 0.383 e. The molecular formula is C28H23N7O. The predicted molar refractivity (Wildman–Crippen MR) is 145 cm³/mol. The molecule has 0 atom stereocenters. The predicted octanol–water partition coefficient (Wildman–Crippen LogP) is 5.40. The lowest BCUT2D eigenvalue weighted by atomic mass is 10.1. The Labute approximate surface area is 206 Å². The highest BCUT2D eigenvalue weighted by Gasteiger charge is 2.24. The van der Waals surface area contributed by atoms with Gasteiger partial charge >= 0.3 is 0 Å². The van der Waals surface area contributed by atoms with E-state index in [1.54, 1.807) is 6.21 Å². The number of hydrogen-bond acceptors (Lipinski definition) is 5. The highest BCUT2D eigenvalue weighted by atomic mass is 16.1. The van der Waals surface area contributed by atoms with E-state index in [2.05, 4.69) is 15.4 Å². The molecule has 3 heterocycles. The molecule has 1 amide bonds. The number of rotatable bonds is 4. The third-order valence-corrected chi connectivity index (χ3v) is 6.40. The molecule has 0 unspecified atom stereocenters. The fraction of sp³-hybridized carbons (Fsp3) is 0.0714. The van der Waals surface area contributed by atoms with E-state index in [9.17, 15) is 4.79 Å². The normalized spacial score (nSPS) is 11.7. The summed E-state index contributed by atoms with van der Waals surface area (Å²) in [7, 11) is 0. The van der Waals surface area contributed by atoms with Crippen LogP contribution in [-0.4, -0.2) is 31.7 Å². The van der Waals surface area contributed by atoms with Gasteiger partial charge in [-0.2, -0.15) is 9.78 Å². The molecule has 3 aromatic carbocycles. The van der Waals surface area contributed by atoms with Crippen molar-refractivity contribution in [1.82, 2.24) is 19.6 Å². The van der Waals surface area contributed by atoms with Gasteiger partial charge in [0, 0.05) is 28.4 Å². The van der Waals surface area contributed by atoms with Crippen LogP contribution in [0.5, 0.6) is 0 Å². The van der Waals surface area contributed by atoms with Crippen molar-refractivity contribution in [3.63, 3.8) is 0 Å². The van der Waals surface area contributed by atoms with E-state index in [1.165, 1.54) is 4.68 Å². The van der Waals surface area contributed by atoms with Gasteiger partial charge in [-0.05, 0) is 55.3 Å². The number of anilines is 2. The Morgan fingerprint density at radius 3 is 2.56 bits per heavy atom. The Hall–Kier alpha value is -4.98. The maximum Gasteiger partial charge on any atom is 0.261 e. The van der Waals surface area contributed by atoms with E-state index < -0.39 is 0 Å². The van der Waals surface area contributed by atoms with Gasteiger partial charge < -0.3 is 16.0 Å². The number of aromatic nitrogens is 4. The molecule has 6 aromatic rings. The molecule has 0 aliphatic rings. The average molecular weight is 474 g/mol. The topological polar surface area (TPSA) is 114 Å². The molecule has 8 nitrogen and oxygen atoms in total. The number of nitrogens with two attached hydrogens (primary N) is 1. The van der Waals surface area contributed by atoms with Crippen LogP contribution in [0, 0.1) is 13.8 Å². The summed E-state index contributed by atoms with van der Waals surface area (Å²) in [5.41, 5.74) is 13.7. The zero-order valence-electron chi connectivity index (χ0n) is 19.8. The number of aryl methyl sites for hydroxylation is 2. The number of carbonyl (C=O) groups excluding carboxylic acids is 1. The minimum atomic E-state index is -0.369. The number of fused-ring (bicyclic) bond motifs is 3. The number of hydrogen-bond donors (Lipinski definition) is 3. The van der Waals surface area contributed by atoms with Crippen LogP contribution in [-0.2, 0) is 0 Å². The lowest BCUT2D eigenvalue weighted by Crippen LogP contribution is -2.14. The van der Waals surface area contributed by atoms with Crippen molar-refractivity contribution in [2.24, 2.45) is 5.10 Å². The van der Waals surface area contributed by atoms with E-state index in [1.807, 2.05) is 86.8 Å². The number of nitrogen functional groups attached to an aromatic ring is 1. The Balaban J connectivity index is 1.50. The summed E-state index contributed by atoms with van der Waals surface area (Å²) >= 11 is 0. The Morgan fingerprint density at radius 1 is 1.00 bits per heavy atom. The Bertz CT molecular complexity index is 1830. The summed E-state index contributed by atoms with van der Waals surface area (Å²) in [6.07, 6.45) is 3.58. The van der Waals surface area contributed by atoms with Crippen LogP contribution < -0.4 is 11.1 Å². The van der Waals surface area contributed by atoms with Gasteiger partial charge in [-0.25, -0.2) is 9.97 Å². The lowest BCUT2D eigenvalue weighted by molar-refractivity contribution is 0.102. The molecule has 0 bridgehead atoms. The molecule has 36 heavy (non-hydrogen) atoms. The maximum absolute atomic E-state index is 13.5. The number of amides is 1. The highest BCUT2D eigenvalue weighted by Crippen LogP contribution is 2.29. The minimum Gasteiger partial charge on any atom is -0.383 e. The van der Waals surface area contributed by atoms with Crippen LogP contribution in [0.3, 0.4) is 0 Å². The number of H-pyrrole nitrogens is 1. The maximum atomic E-state index is 13.5. The molecule has 0 aliphatic carbocycles. The molecule has 4 N–H and O–H groups in total. The van der Waals surface area contributed by atoms with Gasteiger partial charge in [0.15, 0.2) is 5.65 Å². The van der Waals surface area contributed by atoms with Crippen molar-refractivity contribution in [1.29, 1.82) is 0 Å². The molecule has 0 fully saturated rings. The van der Waals surface area contributed by atoms with E-state index in [0.717, 1.165) is 27.6 Å². The summed E-state index contributed by atoms with van der Waals surface area (Å²) in [4.78, 5) is 26.2. The molecule has 0 saturated heterocycles. The van der Waals surface area contributed by atoms with Gasteiger partial charge in [-0.1, -0.05) is 36.4 Å². The third-order valence-electron chi connectivity index (χ3n) is 6.40. The van der Waals surface area contributed by atoms with E-state index in [-0.39, 0.29) is 17.3 Å². The van der Waals surface area contributed by atoms with Gasteiger partial charge in [0.2, 0.25) is 0 Å². The first-order valence-electron chi connectivity index (χ1n) is 11.6. The summed E-state index contributed by atoms with van der Waals surface area (Å²) in [5.74, 6) is -0.205. The second-order valence-corrected chi connectivity index (χ2v) is 8.74. The number of para-hydroxylation sites is 3. The smallest absolute Gasteiger partial charge is 0.261 e. The number of aromatic amines is 1. The van der Waals surface area contributed by atoms with Gasteiger partial charge in [-0.15, -0.1) is 0 Å². The standard InChI is InChI=1S/C28H23N7O/c1-16-11-12-19(13-17(16)2)32-28(36)24-25-27(34-23-10-6-5-9-22(23)33-25)35(26(24)29)31-15-18-14-30-21-8-4-3-7-20(18)21/h3-15,30H,29H2,1-2H3,(H,32,36)/b31-15+. The molecule has 0 radical (unpaired) electrons. The first-order valence-corrected chi connectivity index (χ1v) is 11.6. The summed E-state index contributed by atoms with van der Waals surface area (Å²) in [6, 6.07) is 21.2. The number of benzene rings is 3. The van der Waals surface area contributed by atoms with Crippen molar-refractivity contribution in [2.45, 2.75) is 13.8 Å². The zero-order valence-corrected chi connectivity index (χ0v) is 19.8. The summed E-state index contributed by atoms with van der Waals surface area (Å²) < 4.78 is 1.48. The van der Waals surface area contributed by atoms with Crippen molar-refractivity contribution in [2.75, 3.05) is 11.1 Å². The third kappa shape index (κ3) is 3.56. The van der Waals surface area contributed by atoms with Crippen LogP contribution in [0.2, 0.25) is 0 Å². The van der Waals surface area contributed by atoms with Gasteiger partial charge in [0.1, 0.15) is 16.9 Å². The zero-order chi connectivity index (χ0) is 24.8. The molecular weight excluding hydrogens is 450 g/mol. The molecule has 3 aromatic heterocycles. The van der Waals surface area contributed by atoms with Crippen LogP contribution in [0.4, 0.5) is 11.5 Å². The first kappa shape index (κ1) is 21.5. The average Bonchev–Trinajstić information content (AvgIpc) is 3.41. The molecule has 8 heteroatoms. The van der Waals surface area contributed by atoms with Crippen molar-refractivity contribution >= 4 is 56.7 Å². The summed E-state index contributed by atoms with van der Waals surface area (Å²) in [6.45, 7) is 4.03. The van der Waals surface area contributed by atoms with Crippen LogP contribution in [0.1, 0.15) is 27.0 Å². The highest BCUT2D eigenvalue weighted by molar-refractivity contribution is 6.16. The second-order valence-electron chi connectivity index (χ2n) is 8.74. The molecule has 176 valence electrons. The monoisotopic (exact) mass is 473 g/mol. The van der Waals surface area contributed by atoms with Crippen molar-refractivity contribution < 1.29 is 4.79 Å². The van der Waals surface area contributed by atoms with Gasteiger partial charge in [0.25, 0.3) is 5.91 Å². The van der Waals surface area contributed by atoms with Crippen LogP contribution >= 0.6 is 0 Å².